The second kappa shape index (κ2) is 5.46. The minimum absolute atomic E-state index is 0.0173. The van der Waals surface area contributed by atoms with Crippen molar-refractivity contribution in [1.82, 2.24) is 4.72 Å². The van der Waals surface area contributed by atoms with E-state index in [0.29, 0.717) is 4.90 Å². The molecule has 1 rings (SSSR count). The maximum absolute atomic E-state index is 11.9. The van der Waals surface area contributed by atoms with E-state index in [1.165, 1.54) is 0 Å². The average Bonchev–Trinajstić information content (AvgIpc) is 2.17. The molecular formula is C12H19NO2S. The van der Waals surface area contributed by atoms with Crippen LogP contribution in [0.25, 0.3) is 0 Å². The summed E-state index contributed by atoms with van der Waals surface area (Å²) in [5.41, 5.74) is 1.06. The molecule has 0 aliphatic rings. The van der Waals surface area contributed by atoms with Crippen molar-refractivity contribution >= 4 is 10.0 Å². The Balaban J connectivity index is 2.82. The van der Waals surface area contributed by atoms with Crippen LogP contribution in [0.15, 0.2) is 29.2 Å². The van der Waals surface area contributed by atoms with Crippen LogP contribution in [0.5, 0.6) is 0 Å². The van der Waals surface area contributed by atoms with Crippen LogP contribution in [-0.4, -0.2) is 14.5 Å². The maximum Gasteiger partial charge on any atom is 0.240 e. The Morgan fingerprint density at radius 1 is 1.25 bits per heavy atom. The van der Waals surface area contributed by atoms with Gasteiger partial charge in [-0.05, 0) is 32.4 Å². The molecular weight excluding hydrogens is 222 g/mol. The van der Waals surface area contributed by atoms with Gasteiger partial charge in [-0.25, -0.2) is 13.1 Å². The van der Waals surface area contributed by atoms with Crippen LogP contribution >= 0.6 is 0 Å². The number of aryl methyl sites for hydroxylation is 1. The molecule has 0 aromatic heterocycles. The first-order valence-electron chi connectivity index (χ1n) is 5.54. The van der Waals surface area contributed by atoms with Crippen LogP contribution in [0.2, 0.25) is 0 Å². The van der Waals surface area contributed by atoms with Gasteiger partial charge in [-0.3, -0.25) is 0 Å². The Morgan fingerprint density at radius 2 is 1.81 bits per heavy atom. The number of rotatable bonds is 5. The van der Waals surface area contributed by atoms with Gasteiger partial charge in [0.25, 0.3) is 0 Å². The largest absolute Gasteiger partial charge is 0.240 e. The molecule has 0 radical (unpaired) electrons. The molecule has 0 spiro atoms. The molecule has 0 heterocycles. The Hall–Kier alpha value is -0.870. The predicted molar refractivity (Wildman–Crippen MR) is 65.9 cm³/mol. The van der Waals surface area contributed by atoms with Gasteiger partial charge < -0.3 is 0 Å². The van der Waals surface area contributed by atoms with Gasteiger partial charge in [0.2, 0.25) is 10.0 Å². The number of sulfonamides is 1. The van der Waals surface area contributed by atoms with Crippen molar-refractivity contribution in [2.45, 2.75) is 44.6 Å². The van der Waals surface area contributed by atoms with Gasteiger partial charge in [0, 0.05) is 6.04 Å². The Morgan fingerprint density at radius 3 is 2.31 bits per heavy atom. The second-order valence-electron chi connectivity index (χ2n) is 4.12. The molecule has 90 valence electrons. The minimum Gasteiger partial charge on any atom is -0.208 e. The van der Waals surface area contributed by atoms with Crippen LogP contribution in [-0.2, 0) is 10.0 Å². The van der Waals surface area contributed by atoms with Gasteiger partial charge >= 0.3 is 0 Å². The van der Waals surface area contributed by atoms with Gasteiger partial charge in [-0.15, -0.1) is 0 Å². The molecule has 1 N–H and O–H groups in total. The third-order valence-corrected chi connectivity index (χ3v) is 4.01. The Labute approximate surface area is 97.9 Å². The second-order valence-corrected chi connectivity index (χ2v) is 5.84. The summed E-state index contributed by atoms with van der Waals surface area (Å²) in [6.07, 6.45) is 1.82. The zero-order valence-electron chi connectivity index (χ0n) is 10.0. The SMILES string of the molecule is CCC[C@@H](C)NS(=O)(=O)c1ccc(C)cc1. The lowest BCUT2D eigenvalue weighted by atomic mass is 10.2. The third-order valence-electron chi connectivity index (χ3n) is 2.41. The molecule has 0 bridgehead atoms. The molecule has 0 saturated heterocycles. The van der Waals surface area contributed by atoms with Crippen molar-refractivity contribution in [1.29, 1.82) is 0 Å². The van der Waals surface area contributed by atoms with Crippen molar-refractivity contribution in [3.05, 3.63) is 29.8 Å². The molecule has 4 heteroatoms. The fraction of sp³-hybridized carbons (Fsp3) is 0.500. The highest BCUT2D eigenvalue weighted by molar-refractivity contribution is 7.89. The fourth-order valence-electron chi connectivity index (χ4n) is 1.54. The average molecular weight is 241 g/mol. The van der Waals surface area contributed by atoms with Gasteiger partial charge in [0.1, 0.15) is 0 Å². The van der Waals surface area contributed by atoms with E-state index in [1.807, 2.05) is 20.8 Å². The monoisotopic (exact) mass is 241 g/mol. The fourth-order valence-corrected chi connectivity index (χ4v) is 2.82. The van der Waals surface area contributed by atoms with E-state index >= 15 is 0 Å². The van der Waals surface area contributed by atoms with Crippen LogP contribution in [0.3, 0.4) is 0 Å². The van der Waals surface area contributed by atoms with E-state index in [0.717, 1.165) is 18.4 Å². The zero-order valence-corrected chi connectivity index (χ0v) is 10.8. The number of nitrogens with one attached hydrogen (secondary N) is 1. The summed E-state index contributed by atoms with van der Waals surface area (Å²) in [5.74, 6) is 0. The first-order valence-corrected chi connectivity index (χ1v) is 7.03. The summed E-state index contributed by atoms with van der Waals surface area (Å²) in [5, 5.41) is 0. The van der Waals surface area contributed by atoms with Crippen LogP contribution in [0, 0.1) is 6.92 Å². The molecule has 1 atom stereocenters. The highest BCUT2D eigenvalue weighted by Gasteiger charge is 2.16. The lowest BCUT2D eigenvalue weighted by Crippen LogP contribution is -2.32. The third kappa shape index (κ3) is 3.61. The molecule has 0 fully saturated rings. The van der Waals surface area contributed by atoms with Crippen molar-refractivity contribution in [3.8, 4) is 0 Å². The molecule has 1 aromatic carbocycles. The molecule has 3 nitrogen and oxygen atoms in total. The van der Waals surface area contributed by atoms with Crippen LogP contribution in [0.1, 0.15) is 32.3 Å². The van der Waals surface area contributed by atoms with Gasteiger partial charge in [-0.1, -0.05) is 31.0 Å². The van der Waals surface area contributed by atoms with Crippen molar-refractivity contribution < 1.29 is 8.42 Å². The summed E-state index contributed by atoms with van der Waals surface area (Å²) in [7, 11) is -3.35. The van der Waals surface area contributed by atoms with E-state index in [4.69, 9.17) is 0 Å². The molecule has 0 unspecified atom stereocenters. The van der Waals surface area contributed by atoms with E-state index in [9.17, 15) is 8.42 Å². The van der Waals surface area contributed by atoms with Crippen molar-refractivity contribution in [2.24, 2.45) is 0 Å². The molecule has 1 aromatic rings. The van der Waals surface area contributed by atoms with Gasteiger partial charge in [0.15, 0.2) is 0 Å². The van der Waals surface area contributed by atoms with Gasteiger partial charge in [-0.2, -0.15) is 0 Å². The number of benzene rings is 1. The lowest BCUT2D eigenvalue weighted by Gasteiger charge is -2.13. The summed E-state index contributed by atoms with van der Waals surface area (Å²) in [6.45, 7) is 5.86. The van der Waals surface area contributed by atoms with Crippen LogP contribution < -0.4 is 4.72 Å². The molecule has 0 saturated carbocycles. The number of hydrogen-bond donors (Lipinski definition) is 1. The predicted octanol–water partition coefficient (Wildman–Crippen LogP) is 2.46. The summed E-state index contributed by atoms with van der Waals surface area (Å²) in [4.78, 5) is 0.334. The van der Waals surface area contributed by atoms with E-state index in [-0.39, 0.29) is 6.04 Å². The zero-order chi connectivity index (χ0) is 12.2. The highest BCUT2D eigenvalue weighted by atomic mass is 32.2. The van der Waals surface area contributed by atoms with Crippen molar-refractivity contribution in [2.75, 3.05) is 0 Å². The standard InChI is InChI=1S/C12H19NO2S/c1-4-5-11(3)13-16(14,15)12-8-6-10(2)7-9-12/h6-9,11,13H,4-5H2,1-3H3/t11-/m1/s1. The first kappa shape index (κ1) is 13.2. The smallest absolute Gasteiger partial charge is 0.208 e. The molecule has 16 heavy (non-hydrogen) atoms. The topological polar surface area (TPSA) is 46.2 Å². The van der Waals surface area contributed by atoms with Gasteiger partial charge in [0.05, 0.1) is 4.90 Å². The molecule has 0 aliphatic heterocycles. The minimum atomic E-state index is -3.35. The lowest BCUT2D eigenvalue weighted by molar-refractivity contribution is 0.544. The quantitative estimate of drug-likeness (QED) is 0.860. The molecule has 0 amide bonds. The van der Waals surface area contributed by atoms with E-state index < -0.39 is 10.0 Å². The number of hydrogen-bond acceptors (Lipinski definition) is 2. The first-order chi connectivity index (χ1) is 7.45. The normalized spacial score (nSPS) is 13.7. The summed E-state index contributed by atoms with van der Waals surface area (Å²) < 4.78 is 26.5. The van der Waals surface area contributed by atoms with Crippen molar-refractivity contribution in [3.63, 3.8) is 0 Å². The molecule has 0 aliphatic carbocycles. The van der Waals surface area contributed by atoms with Crippen LogP contribution in [0.4, 0.5) is 0 Å². The Kier molecular flexibility index (Phi) is 4.50. The summed E-state index contributed by atoms with van der Waals surface area (Å²) >= 11 is 0. The summed E-state index contributed by atoms with van der Waals surface area (Å²) in [6, 6.07) is 6.86. The maximum atomic E-state index is 11.9. The Bertz CT molecular complexity index is 423. The van der Waals surface area contributed by atoms with E-state index in [1.54, 1.807) is 24.3 Å². The highest BCUT2D eigenvalue weighted by Crippen LogP contribution is 2.11. The van der Waals surface area contributed by atoms with E-state index in [2.05, 4.69) is 4.72 Å².